The fourth-order valence-corrected chi connectivity index (χ4v) is 4.76. The highest BCUT2D eigenvalue weighted by atomic mass is 32.2. The van der Waals surface area contributed by atoms with Crippen molar-refractivity contribution in [1.82, 2.24) is 15.2 Å². The van der Waals surface area contributed by atoms with Gasteiger partial charge in [-0.1, -0.05) is 17.3 Å². The number of hydrogen-bond acceptors (Lipinski definition) is 10. The summed E-state index contributed by atoms with van der Waals surface area (Å²) in [4.78, 5) is 57.8. The summed E-state index contributed by atoms with van der Waals surface area (Å²) in [6.45, 7) is 2.86. The van der Waals surface area contributed by atoms with E-state index in [1.54, 1.807) is 19.1 Å². The van der Waals surface area contributed by atoms with E-state index in [0.29, 0.717) is 11.3 Å². The maximum absolute atomic E-state index is 12.7. The summed E-state index contributed by atoms with van der Waals surface area (Å²) in [6.07, 6.45) is 3.34. The Balaban J connectivity index is 1.82. The molecule has 0 bridgehead atoms. The molecule has 30 heavy (non-hydrogen) atoms. The van der Waals surface area contributed by atoms with Crippen LogP contribution in [0.4, 0.5) is 5.13 Å². The number of hydrogen-bond donors (Lipinski definition) is 3. The zero-order valence-electron chi connectivity index (χ0n) is 15.8. The monoisotopic (exact) mass is 451 g/mol. The molecule has 0 spiro atoms. The number of nitrogens with two attached hydrogens (primary N) is 1. The molecular weight excluding hydrogens is 434 g/mol. The van der Waals surface area contributed by atoms with Crippen LogP contribution in [0.5, 0.6) is 0 Å². The van der Waals surface area contributed by atoms with E-state index in [-0.39, 0.29) is 22.2 Å². The molecule has 1 aromatic heterocycles. The van der Waals surface area contributed by atoms with Crippen molar-refractivity contribution in [3.05, 3.63) is 34.5 Å². The second-order valence-electron chi connectivity index (χ2n) is 6.13. The van der Waals surface area contributed by atoms with E-state index in [1.807, 2.05) is 0 Å². The van der Waals surface area contributed by atoms with Crippen molar-refractivity contribution in [2.45, 2.75) is 25.3 Å². The first-order valence-electron chi connectivity index (χ1n) is 8.56. The van der Waals surface area contributed by atoms with E-state index in [4.69, 9.17) is 5.73 Å². The fraction of sp³-hybridized carbons (Fsp3) is 0.294. The number of carboxylic acids is 1. The molecule has 3 rings (SSSR count). The number of carboxylic acid groups (broad SMARTS) is 1. The summed E-state index contributed by atoms with van der Waals surface area (Å²) in [6, 6.07) is -0.970. The number of thioether (sulfide) groups is 1. The smallest absolute Gasteiger partial charge is 0.352 e. The normalized spacial score (nSPS) is 21.3. The average molecular weight is 451 g/mol. The van der Waals surface area contributed by atoms with Crippen LogP contribution in [0.15, 0.2) is 34.0 Å². The lowest BCUT2D eigenvalue weighted by Crippen LogP contribution is -2.71. The molecule has 1 fully saturated rings. The van der Waals surface area contributed by atoms with Gasteiger partial charge in [0, 0.05) is 18.1 Å². The number of allylic oxidation sites excluding steroid dienone is 2. The van der Waals surface area contributed by atoms with Gasteiger partial charge >= 0.3 is 11.9 Å². The maximum Gasteiger partial charge on any atom is 0.352 e. The first-order chi connectivity index (χ1) is 14.2. The van der Waals surface area contributed by atoms with E-state index in [9.17, 15) is 24.3 Å². The Kier molecular flexibility index (Phi) is 6.22. The van der Waals surface area contributed by atoms with Gasteiger partial charge in [-0.15, -0.1) is 23.1 Å². The highest BCUT2D eigenvalue weighted by molar-refractivity contribution is 8.00. The lowest BCUT2D eigenvalue weighted by atomic mass is 10.0. The average Bonchev–Trinajstić information content (AvgIpc) is 3.11. The number of carbonyl (C=O) groups excluding carboxylic acids is 3. The molecule has 158 valence electrons. The van der Waals surface area contributed by atoms with Crippen molar-refractivity contribution in [1.29, 1.82) is 0 Å². The molecule has 2 aliphatic heterocycles. The second kappa shape index (κ2) is 8.67. The van der Waals surface area contributed by atoms with Gasteiger partial charge in [0.1, 0.15) is 22.8 Å². The molecule has 2 aliphatic rings. The van der Waals surface area contributed by atoms with Gasteiger partial charge in [-0.2, -0.15) is 0 Å². The van der Waals surface area contributed by atoms with E-state index >= 15 is 0 Å². The molecule has 0 aromatic carbocycles. The van der Waals surface area contributed by atoms with Gasteiger partial charge in [-0.3, -0.25) is 14.5 Å². The van der Waals surface area contributed by atoms with Crippen molar-refractivity contribution in [3.63, 3.8) is 0 Å². The Morgan fingerprint density at radius 2 is 2.20 bits per heavy atom. The number of nitrogens with one attached hydrogen (secondary N) is 1. The molecule has 11 nitrogen and oxygen atoms in total. The molecule has 0 aliphatic carbocycles. The van der Waals surface area contributed by atoms with E-state index in [1.165, 1.54) is 17.1 Å². The first kappa shape index (κ1) is 21.5. The lowest BCUT2D eigenvalue weighted by molar-refractivity contribution is -0.150. The number of thiazole rings is 1. The zero-order chi connectivity index (χ0) is 22.0. The molecule has 0 saturated carbocycles. The van der Waals surface area contributed by atoms with Gasteiger partial charge in [0.25, 0.3) is 11.8 Å². The van der Waals surface area contributed by atoms with Crippen molar-refractivity contribution >= 4 is 57.7 Å². The van der Waals surface area contributed by atoms with Gasteiger partial charge in [-0.25, -0.2) is 14.6 Å². The number of anilines is 1. The molecular formula is C17H17N5O6S2. The van der Waals surface area contributed by atoms with E-state index in [0.717, 1.165) is 23.2 Å². The van der Waals surface area contributed by atoms with Crippen molar-refractivity contribution in [3.8, 4) is 0 Å². The summed E-state index contributed by atoms with van der Waals surface area (Å²) < 4.78 is 0. The van der Waals surface area contributed by atoms with Crippen LogP contribution in [0.3, 0.4) is 0 Å². The molecule has 2 atom stereocenters. The van der Waals surface area contributed by atoms with E-state index in [2.05, 4.69) is 20.3 Å². The summed E-state index contributed by atoms with van der Waals surface area (Å²) in [5.41, 5.74) is 5.75. The van der Waals surface area contributed by atoms with Crippen molar-refractivity contribution < 1.29 is 29.1 Å². The molecule has 0 radical (unpaired) electrons. The Labute approximate surface area is 178 Å². The Hall–Kier alpha value is -3.19. The van der Waals surface area contributed by atoms with Crippen LogP contribution in [0.1, 0.15) is 19.5 Å². The van der Waals surface area contributed by atoms with Crippen molar-refractivity contribution in [2.24, 2.45) is 5.16 Å². The Morgan fingerprint density at radius 3 is 2.77 bits per heavy atom. The largest absolute Gasteiger partial charge is 0.477 e. The third-order valence-corrected chi connectivity index (χ3v) is 6.08. The predicted molar refractivity (Wildman–Crippen MR) is 109 cm³/mol. The molecule has 0 unspecified atom stereocenters. The summed E-state index contributed by atoms with van der Waals surface area (Å²) in [7, 11) is 0. The number of fused-ring (bicyclic) bond motifs is 1. The van der Waals surface area contributed by atoms with Crippen LogP contribution in [0, 0.1) is 0 Å². The van der Waals surface area contributed by atoms with Crippen LogP contribution in [-0.4, -0.2) is 61.6 Å². The minimum absolute atomic E-state index is 0.0812. The number of oxime groups is 1. The van der Waals surface area contributed by atoms with Crippen molar-refractivity contribution in [2.75, 3.05) is 11.5 Å². The summed E-state index contributed by atoms with van der Waals surface area (Å²) in [5, 5.41) is 16.6. The van der Waals surface area contributed by atoms with E-state index < -0.39 is 35.2 Å². The van der Waals surface area contributed by atoms with Crippen LogP contribution in [0.25, 0.3) is 0 Å². The Morgan fingerprint density at radius 1 is 1.47 bits per heavy atom. The number of nitrogens with zero attached hydrogens (tertiary/aromatic N) is 3. The zero-order valence-corrected chi connectivity index (χ0v) is 17.5. The molecule has 13 heteroatoms. The number of aromatic nitrogens is 1. The molecule has 2 amide bonds. The van der Waals surface area contributed by atoms with Crippen LogP contribution in [0.2, 0.25) is 0 Å². The standard InChI is InChI=1S/C17H17N5O6S2/c1-3-4-8-5-29-15-11(14(25)22(15)12(8)16(26)27)20-13(24)10(21-28-7(2)23)9-6-30-17(18)19-9/h3-4,6,11,15H,5H2,1-2H3,(H2,18,19)(H,20,24)(H,26,27)/b4-3-,21-10-/t11-,15-/m1/s1. The fourth-order valence-electron chi connectivity index (χ4n) is 2.89. The molecule has 1 saturated heterocycles. The number of amides is 2. The third kappa shape index (κ3) is 4.07. The van der Waals surface area contributed by atoms with Gasteiger partial charge in [-0.05, 0) is 12.5 Å². The lowest BCUT2D eigenvalue weighted by Gasteiger charge is -2.49. The molecule has 4 N–H and O–H groups in total. The van der Waals surface area contributed by atoms with Crippen LogP contribution >= 0.6 is 23.1 Å². The Bertz CT molecular complexity index is 1010. The maximum atomic E-state index is 12.7. The third-order valence-electron chi connectivity index (χ3n) is 4.10. The predicted octanol–water partition coefficient (Wildman–Crippen LogP) is 0.307. The number of carbonyl (C=O) groups is 4. The van der Waals surface area contributed by atoms with Gasteiger partial charge in [0.15, 0.2) is 10.8 Å². The minimum atomic E-state index is -1.22. The number of nitrogen functional groups attached to an aromatic ring is 1. The minimum Gasteiger partial charge on any atom is -0.477 e. The SMILES string of the molecule is C/C=C\C1=C(C(=O)O)N2C(=O)[C@@H](NC(=O)/C(=N\OC(C)=O)c3csc(N)n3)[C@H]2SC1. The second-order valence-corrected chi connectivity index (χ2v) is 8.13. The summed E-state index contributed by atoms with van der Waals surface area (Å²) >= 11 is 2.38. The highest BCUT2D eigenvalue weighted by Crippen LogP contribution is 2.40. The molecule has 1 aromatic rings. The first-order valence-corrected chi connectivity index (χ1v) is 10.5. The molecule has 3 heterocycles. The summed E-state index contributed by atoms with van der Waals surface area (Å²) in [5.74, 6) is -2.97. The highest BCUT2D eigenvalue weighted by Gasteiger charge is 2.54. The topological polar surface area (TPSA) is 164 Å². The van der Waals surface area contributed by atoms with Gasteiger partial charge < -0.3 is 21.0 Å². The van der Waals surface area contributed by atoms with Gasteiger partial charge in [0.05, 0.1) is 0 Å². The van der Waals surface area contributed by atoms with Crippen LogP contribution < -0.4 is 11.1 Å². The quantitative estimate of drug-likeness (QED) is 0.239. The number of β-lactam (4-membered cyclic amide) rings is 1. The van der Waals surface area contributed by atoms with Crippen LogP contribution in [-0.2, 0) is 24.0 Å². The van der Waals surface area contributed by atoms with Gasteiger partial charge in [0.2, 0.25) is 0 Å². The number of rotatable bonds is 6. The number of aliphatic carboxylic acids is 1.